The molecule has 1 aromatic carbocycles. The van der Waals surface area contributed by atoms with E-state index in [1.54, 1.807) is 31.2 Å². The molecule has 1 aromatic rings. The van der Waals surface area contributed by atoms with Crippen molar-refractivity contribution >= 4 is 23.3 Å². The van der Waals surface area contributed by atoms with E-state index in [2.05, 4.69) is 16.0 Å². The van der Waals surface area contributed by atoms with Crippen LogP contribution in [0.15, 0.2) is 24.3 Å². The highest BCUT2D eigenvalue weighted by Crippen LogP contribution is 2.14. The molecule has 0 spiro atoms. The molecule has 7 heteroatoms. The summed E-state index contributed by atoms with van der Waals surface area (Å²) in [6, 6.07) is 6.47. The summed E-state index contributed by atoms with van der Waals surface area (Å²) < 4.78 is 5.44. The number of ether oxygens (including phenoxy) is 1. The number of nitrogens with one attached hydrogen (secondary N) is 3. The normalized spacial score (nSPS) is 18.3. The molecule has 0 radical (unpaired) electrons. The summed E-state index contributed by atoms with van der Waals surface area (Å²) in [6.45, 7) is 3.06. The van der Waals surface area contributed by atoms with Gasteiger partial charge < -0.3 is 26.4 Å². The zero-order valence-corrected chi connectivity index (χ0v) is 13.3. The molecule has 1 heterocycles. The first-order chi connectivity index (χ1) is 11.0. The number of carbonyl (C=O) groups excluding carboxylic acids is 2. The molecule has 1 fully saturated rings. The Balaban J connectivity index is 1.75. The molecular formula is C16H24N4O3. The molecule has 0 bridgehead atoms. The molecule has 0 aliphatic carbocycles. The average molecular weight is 320 g/mol. The average Bonchev–Trinajstić information content (AvgIpc) is 3.00. The van der Waals surface area contributed by atoms with Crippen molar-refractivity contribution in [2.75, 3.05) is 23.8 Å². The molecule has 7 nitrogen and oxygen atoms in total. The zero-order valence-electron chi connectivity index (χ0n) is 13.3. The standard InChI is InChI=1S/C16H24N4O3/c1-11(17)9-15(21)19-12-4-6-13(7-5-12)20-16(22)18-10-14-3-2-8-23-14/h4-7,11,14H,2-3,8-10,17H2,1H3,(H,19,21)(H2,18,20,22). The van der Waals surface area contributed by atoms with Gasteiger partial charge in [-0.05, 0) is 44.0 Å². The first-order valence-electron chi connectivity index (χ1n) is 7.85. The Morgan fingerprint density at radius 3 is 2.48 bits per heavy atom. The fraction of sp³-hybridized carbons (Fsp3) is 0.500. The van der Waals surface area contributed by atoms with E-state index in [9.17, 15) is 9.59 Å². The topological polar surface area (TPSA) is 105 Å². The monoisotopic (exact) mass is 320 g/mol. The van der Waals surface area contributed by atoms with Crippen LogP contribution in [0.2, 0.25) is 0 Å². The van der Waals surface area contributed by atoms with Crippen LogP contribution in [0.4, 0.5) is 16.2 Å². The van der Waals surface area contributed by atoms with Gasteiger partial charge in [0.2, 0.25) is 5.91 Å². The van der Waals surface area contributed by atoms with E-state index >= 15 is 0 Å². The largest absolute Gasteiger partial charge is 0.376 e. The summed E-state index contributed by atoms with van der Waals surface area (Å²) in [6.07, 6.45) is 2.41. The summed E-state index contributed by atoms with van der Waals surface area (Å²) in [4.78, 5) is 23.4. The SMILES string of the molecule is CC(N)CC(=O)Nc1ccc(NC(=O)NCC2CCCO2)cc1. The number of urea groups is 1. The summed E-state index contributed by atoms with van der Waals surface area (Å²) in [7, 11) is 0. The molecular weight excluding hydrogens is 296 g/mol. The van der Waals surface area contributed by atoms with Gasteiger partial charge in [-0.2, -0.15) is 0 Å². The number of carbonyl (C=O) groups is 2. The van der Waals surface area contributed by atoms with Crippen LogP contribution in [0, 0.1) is 0 Å². The van der Waals surface area contributed by atoms with E-state index in [1.165, 1.54) is 0 Å². The highest BCUT2D eigenvalue weighted by atomic mass is 16.5. The van der Waals surface area contributed by atoms with E-state index in [1.807, 2.05) is 0 Å². The van der Waals surface area contributed by atoms with Crippen molar-refractivity contribution in [3.63, 3.8) is 0 Å². The Hall–Kier alpha value is -2.12. The van der Waals surface area contributed by atoms with Crippen LogP contribution < -0.4 is 21.7 Å². The first-order valence-corrected chi connectivity index (χ1v) is 7.85. The molecule has 0 saturated carbocycles. The second-order valence-electron chi connectivity index (χ2n) is 5.78. The van der Waals surface area contributed by atoms with Crippen molar-refractivity contribution in [1.29, 1.82) is 0 Å². The maximum absolute atomic E-state index is 11.8. The molecule has 1 saturated heterocycles. The number of rotatable bonds is 6. The molecule has 2 atom stereocenters. The van der Waals surface area contributed by atoms with Gasteiger partial charge in [-0.15, -0.1) is 0 Å². The lowest BCUT2D eigenvalue weighted by atomic mass is 10.2. The lowest BCUT2D eigenvalue weighted by molar-refractivity contribution is -0.116. The molecule has 3 amide bonds. The minimum atomic E-state index is -0.269. The van der Waals surface area contributed by atoms with Crippen LogP contribution in [0.5, 0.6) is 0 Å². The van der Waals surface area contributed by atoms with Crippen molar-refractivity contribution in [2.45, 2.75) is 38.3 Å². The molecule has 0 aromatic heterocycles. The fourth-order valence-corrected chi connectivity index (χ4v) is 2.33. The maximum atomic E-state index is 11.8. The Morgan fingerprint density at radius 1 is 1.26 bits per heavy atom. The Kier molecular flexibility index (Phi) is 6.37. The summed E-state index contributed by atoms with van der Waals surface area (Å²) in [5.74, 6) is -0.130. The van der Waals surface area contributed by atoms with Gasteiger partial charge in [-0.1, -0.05) is 0 Å². The quantitative estimate of drug-likeness (QED) is 0.639. The molecule has 2 unspecified atom stereocenters. The highest BCUT2D eigenvalue weighted by Gasteiger charge is 2.16. The van der Waals surface area contributed by atoms with Gasteiger partial charge in [0.25, 0.3) is 0 Å². The van der Waals surface area contributed by atoms with Crippen molar-refractivity contribution in [3.8, 4) is 0 Å². The van der Waals surface area contributed by atoms with Crippen LogP contribution in [-0.2, 0) is 9.53 Å². The molecule has 126 valence electrons. The number of hydrogen-bond donors (Lipinski definition) is 4. The van der Waals surface area contributed by atoms with Crippen molar-refractivity contribution in [2.24, 2.45) is 5.73 Å². The summed E-state index contributed by atoms with van der Waals surface area (Å²) in [5.41, 5.74) is 6.90. The van der Waals surface area contributed by atoms with Crippen molar-refractivity contribution < 1.29 is 14.3 Å². The summed E-state index contributed by atoms with van der Waals surface area (Å²) in [5, 5.41) is 8.28. The number of amides is 3. The van der Waals surface area contributed by atoms with E-state index < -0.39 is 0 Å². The number of benzene rings is 1. The lowest BCUT2D eigenvalue weighted by Gasteiger charge is -2.12. The van der Waals surface area contributed by atoms with Crippen molar-refractivity contribution in [1.82, 2.24) is 5.32 Å². The van der Waals surface area contributed by atoms with Crippen LogP contribution in [-0.4, -0.2) is 37.2 Å². The van der Waals surface area contributed by atoms with E-state index in [-0.39, 0.29) is 30.5 Å². The second kappa shape index (κ2) is 8.50. The van der Waals surface area contributed by atoms with Gasteiger partial charge in [-0.25, -0.2) is 4.79 Å². The third-order valence-corrected chi connectivity index (χ3v) is 3.45. The smallest absolute Gasteiger partial charge is 0.319 e. The molecule has 23 heavy (non-hydrogen) atoms. The summed E-state index contributed by atoms with van der Waals surface area (Å²) >= 11 is 0. The minimum Gasteiger partial charge on any atom is -0.376 e. The zero-order chi connectivity index (χ0) is 16.7. The van der Waals surface area contributed by atoms with Gasteiger partial charge >= 0.3 is 6.03 Å². The third kappa shape index (κ3) is 6.25. The van der Waals surface area contributed by atoms with E-state index in [4.69, 9.17) is 10.5 Å². The van der Waals surface area contributed by atoms with Gasteiger partial charge in [-0.3, -0.25) is 4.79 Å². The molecule has 2 rings (SSSR count). The van der Waals surface area contributed by atoms with Crippen LogP contribution >= 0.6 is 0 Å². The van der Waals surface area contributed by atoms with Gasteiger partial charge in [0.1, 0.15) is 0 Å². The predicted octanol–water partition coefficient (Wildman–Crippen LogP) is 1.66. The Morgan fingerprint density at radius 2 is 1.91 bits per heavy atom. The minimum absolute atomic E-state index is 0.114. The molecule has 5 N–H and O–H groups in total. The van der Waals surface area contributed by atoms with Crippen LogP contribution in [0.1, 0.15) is 26.2 Å². The highest BCUT2D eigenvalue weighted by molar-refractivity contribution is 5.92. The predicted molar refractivity (Wildman–Crippen MR) is 89.3 cm³/mol. The van der Waals surface area contributed by atoms with Gasteiger partial charge in [0, 0.05) is 37.0 Å². The van der Waals surface area contributed by atoms with Crippen LogP contribution in [0.3, 0.4) is 0 Å². The Labute approximate surface area is 136 Å². The molecule has 1 aliphatic heterocycles. The van der Waals surface area contributed by atoms with E-state index in [0.717, 1.165) is 19.4 Å². The Bertz CT molecular complexity index is 525. The third-order valence-electron chi connectivity index (χ3n) is 3.45. The van der Waals surface area contributed by atoms with E-state index in [0.29, 0.717) is 17.9 Å². The number of nitrogens with two attached hydrogens (primary N) is 1. The maximum Gasteiger partial charge on any atom is 0.319 e. The van der Waals surface area contributed by atoms with Crippen LogP contribution in [0.25, 0.3) is 0 Å². The van der Waals surface area contributed by atoms with Gasteiger partial charge in [0.05, 0.1) is 6.10 Å². The molecule has 1 aliphatic rings. The number of hydrogen-bond acceptors (Lipinski definition) is 4. The van der Waals surface area contributed by atoms with Gasteiger partial charge in [0.15, 0.2) is 0 Å². The van der Waals surface area contributed by atoms with Crippen molar-refractivity contribution in [3.05, 3.63) is 24.3 Å². The number of anilines is 2. The first kappa shape index (κ1) is 17.2. The lowest BCUT2D eigenvalue weighted by Crippen LogP contribution is -2.35. The second-order valence-corrected chi connectivity index (χ2v) is 5.78. The fourth-order valence-electron chi connectivity index (χ4n) is 2.33.